The highest BCUT2D eigenvalue weighted by molar-refractivity contribution is 9.10. The molecule has 3 heterocycles. The molecular weight excluding hydrogens is 374 g/mol. The molecule has 1 amide bonds. The van der Waals surface area contributed by atoms with Crippen molar-refractivity contribution in [3.63, 3.8) is 0 Å². The SMILES string of the molecule is Cc1n[nH]c(C)c1Cc1ccc(C(=O)NCCn2cc(Br)cn2)o1. The molecule has 0 saturated heterocycles. The van der Waals surface area contributed by atoms with Gasteiger partial charge in [0.1, 0.15) is 5.76 Å². The summed E-state index contributed by atoms with van der Waals surface area (Å²) in [4.78, 5) is 12.1. The predicted octanol–water partition coefficient (Wildman–Crippen LogP) is 2.60. The Morgan fingerprint density at radius 2 is 2.25 bits per heavy atom. The summed E-state index contributed by atoms with van der Waals surface area (Å²) < 4.78 is 8.32. The van der Waals surface area contributed by atoms with Gasteiger partial charge in [-0.05, 0) is 41.9 Å². The van der Waals surface area contributed by atoms with Crippen LogP contribution in [-0.4, -0.2) is 32.4 Å². The lowest BCUT2D eigenvalue weighted by molar-refractivity contribution is 0.0922. The Bertz CT molecular complexity index is 829. The molecule has 0 aliphatic rings. The highest BCUT2D eigenvalue weighted by Crippen LogP contribution is 2.17. The summed E-state index contributed by atoms with van der Waals surface area (Å²) in [6, 6.07) is 3.52. The quantitative estimate of drug-likeness (QED) is 0.675. The van der Waals surface area contributed by atoms with Crippen LogP contribution >= 0.6 is 15.9 Å². The van der Waals surface area contributed by atoms with Gasteiger partial charge in [0.2, 0.25) is 0 Å². The average molecular weight is 392 g/mol. The summed E-state index contributed by atoms with van der Waals surface area (Å²) >= 11 is 3.33. The molecule has 7 nitrogen and oxygen atoms in total. The van der Waals surface area contributed by atoms with Crippen molar-refractivity contribution < 1.29 is 9.21 Å². The first-order valence-electron chi connectivity index (χ1n) is 7.58. The molecule has 0 unspecified atom stereocenters. The molecule has 0 radical (unpaired) electrons. The molecule has 3 aromatic rings. The van der Waals surface area contributed by atoms with E-state index in [1.165, 1.54) is 0 Å². The van der Waals surface area contributed by atoms with E-state index >= 15 is 0 Å². The number of aromatic amines is 1. The van der Waals surface area contributed by atoms with E-state index in [9.17, 15) is 4.79 Å². The number of hydrogen-bond acceptors (Lipinski definition) is 4. The molecule has 0 bridgehead atoms. The van der Waals surface area contributed by atoms with Crippen LogP contribution in [0.25, 0.3) is 0 Å². The fourth-order valence-electron chi connectivity index (χ4n) is 2.44. The highest BCUT2D eigenvalue weighted by atomic mass is 79.9. The van der Waals surface area contributed by atoms with Crippen molar-refractivity contribution in [3.05, 3.63) is 57.5 Å². The highest BCUT2D eigenvalue weighted by Gasteiger charge is 2.14. The number of aromatic nitrogens is 4. The second-order valence-electron chi connectivity index (χ2n) is 5.53. The van der Waals surface area contributed by atoms with Crippen molar-refractivity contribution in [2.45, 2.75) is 26.8 Å². The van der Waals surface area contributed by atoms with Crippen LogP contribution < -0.4 is 5.32 Å². The number of nitrogens with one attached hydrogen (secondary N) is 2. The Kier molecular flexibility index (Phi) is 4.84. The Hall–Kier alpha value is -2.35. The van der Waals surface area contributed by atoms with Crippen LogP contribution in [-0.2, 0) is 13.0 Å². The summed E-state index contributed by atoms with van der Waals surface area (Å²) in [5.41, 5.74) is 3.06. The first-order valence-corrected chi connectivity index (χ1v) is 8.37. The van der Waals surface area contributed by atoms with Crippen LogP contribution in [0, 0.1) is 13.8 Å². The van der Waals surface area contributed by atoms with E-state index in [2.05, 4.69) is 36.5 Å². The molecule has 0 fully saturated rings. The van der Waals surface area contributed by atoms with Gasteiger partial charge < -0.3 is 9.73 Å². The van der Waals surface area contributed by atoms with Crippen molar-refractivity contribution in [2.24, 2.45) is 0 Å². The maximum absolute atomic E-state index is 12.1. The van der Waals surface area contributed by atoms with Gasteiger partial charge >= 0.3 is 0 Å². The lowest BCUT2D eigenvalue weighted by atomic mass is 10.1. The summed E-state index contributed by atoms with van der Waals surface area (Å²) in [6.45, 7) is 4.99. The number of halogens is 1. The first kappa shape index (κ1) is 16.5. The lowest BCUT2D eigenvalue weighted by Crippen LogP contribution is -2.27. The van der Waals surface area contributed by atoms with Crippen molar-refractivity contribution in [3.8, 4) is 0 Å². The van der Waals surface area contributed by atoms with E-state index in [1.807, 2.05) is 26.1 Å². The molecule has 0 aliphatic carbocycles. The summed E-state index contributed by atoms with van der Waals surface area (Å²) in [5.74, 6) is 0.822. The van der Waals surface area contributed by atoms with Crippen molar-refractivity contribution in [1.82, 2.24) is 25.3 Å². The van der Waals surface area contributed by atoms with E-state index in [1.54, 1.807) is 16.9 Å². The second-order valence-corrected chi connectivity index (χ2v) is 6.45. The van der Waals surface area contributed by atoms with Gasteiger partial charge in [0.05, 0.1) is 22.9 Å². The molecule has 126 valence electrons. The molecular formula is C16H18BrN5O2. The topological polar surface area (TPSA) is 88.7 Å². The van der Waals surface area contributed by atoms with Crippen LogP contribution in [0.4, 0.5) is 0 Å². The Morgan fingerprint density at radius 1 is 1.42 bits per heavy atom. The number of furan rings is 1. The Morgan fingerprint density at radius 3 is 2.92 bits per heavy atom. The van der Waals surface area contributed by atoms with Gasteiger partial charge in [-0.2, -0.15) is 10.2 Å². The Balaban J connectivity index is 1.55. The number of nitrogens with zero attached hydrogens (tertiary/aromatic N) is 3. The van der Waals surface area contributed by atoms with E-state index in [-0.39, 0.29) is 5.91 Å². The van der Waals surface area contributed by atoms with E-state index < -0.39 is 0 Å². The van der Waals surface area contributed by atoms with E-state index in [0.29, 0.717) is 25.3 Å². The lowest BCUT2D eigenvalue weighted by Gasteiger charge is -2.03. The number of carbonyl (C=O) groups is 1. The molecule has 8 heteroatoms. The van der Waals surface area contributed by atoms with Crippen LogP contribution in [0.3, 0.4) is 0 Å². The van der Waals surface area contributed by atoms with Crippen molar-refractivity contribution in [2.75, 3.05) is 6.54 Å². The zero-order chi connectivity index (χ0) is 17.1. The molecule has 24 heavy (non-hydrogen) atoms. The van der Waals surface area contributed by atoms with Gasteiger partial charge in [-0.15, -0.1) is 0 Å². The fraction of sp³-hybridized carbons (Fsp3) is 0.312. The Labute approximate surface area is 147 Å². The first-order chi connectivity index (χ1) is 11.5. The number of aryl methyl sites for hydroxylation is 2. The number of H-pyrrole nitrogens is 1. The number of hydrogen-bond donors (Lipinski definition) is 2. The molecule has 0 spiro atoms. The fourth-order valence-corrected chi connectivity index (χ4v) is 2.76. The predicted molar refractivity (Wildman–Crippen MR) is 91.8 cm³/mol. The van der Waals surface area contributed by atoms with Gasteiger partial charge in [-0.25, -0.2) is 0 Å². The summed E-state index contributed by atoms with van der Waals surface area (Å²) in [5, 5.41) is 14.1. The molecule has 0 saturated carbocycles. The molecule has 0 aromatic carbocycles. The van der Waals surface area contributed by atoms with Crippen molar-refractivity contribution in [1.29, 1.82) is 0 Å². The van der Waals surface area contributed by atoms with Gasteiger partial charge in [0.15, 0.2) is 5.76 Å². The standard InChI is InChI=1S/C16H18BrN5O2/c1-10-14(11(2)21-20-10)7-13-3-4-15(24-13)16(23)18-5-6-22-9-12(17)8-19-22/h3-4,8-9H,5-7H2,1-2H3,(H,18,23)(H,20,21). The minimum Gasteiger partial charge on any atom is -0.456 e. The zero-order valence-corrected chi connectivity index (χ0v) is 15.1. The van der Waals surface area contributed by atoms with E-state index in [4.69, 9.17) is 4.42 Å². The van der Waals surface area contributed by atoms with Gasteiger partial charge in [0.25, 0.3) is 5.91 Å². The molecule has 2 N–H and O–H groups in total. The molecule has 0 atom stereocenters. The molecule has 0 aliphatic heterocycles. The molecule has 3 rings (SSSR count). The van der Waals surface area contributed by atoms with Crippen LogP contribution in [0.2, 0.25) is 0 Å². The van der Waals surface area contributed by atoms with Crippen molar-refractivity contribution >= 4 is 21.8 Å². The smallest absolute Gasteiger partial charge is 0.287 e. The third kappa shape index (κ3) is 3.76. The zero-order valence-electron chi connectivity index (χ0n) is 13.5. The number of rotatable bonds is 6. The van der Waals surface area contributed by atoms with Gasteiger partial charge in [-0.1, -0.05) is 0 Å². The number of amides is 1. The van der Waals surface area contributed by atoms with Crippen LogP contribution in [0.15, 0.2) is 33.4 Å². The third-order valence-electron chi connectivity index (χ3n) is 3.75. The third-order valence-corrected chi connectivity index (χ3v) is 4.15. The van der Waals surface area contributed by atoms with Crippen LogP contribution in [0.5, 0.6) is 0 Å². The summed E-state index contributed by atoms with van der Waals surface area (Å²) in [7, 11) is 0. The normalized spacial score (nSPS) is 11.0. The molecule has 3 aromatic heterocycles. The summed E-state index contributed by atoms with van der Waals surface area (Å²) in [6.07, 6.45) is 4.18. The maximum Gasteiger partial charge on any atom is 0.287 e. The second kappa shape index (κ2) is 7.04. The number of carbonyl (C=O) groups excluding carboxylic acids is 1. The van der Waals surface area contributed by atoms with E-state index in [0.717, 1.165) is 27.2 Å². The average Bonchev–Trinajstić information content (AvgIpc) is 3.25. The van der Waals surface area contributed by atoms with Gasteiger partial charge in [-0.3, -0.25) is 14.6 Å². The maximum atomic E-state index is 12.1. The van der Waals surface area contributed by atoms with Gasteiger partial charge in [0, 0.05) is 30.4 Å². The largest absolute Gasteiger partial charge is 0.456 e. The minimum absolute atomic E-state index is 0.229. The monoisotopic (exact) mass is 391 g/mol. The van der Waals surface area contributed by atoms with Crippen LogP contribution in [0.1, 0.15) is 33.3 Å². The minimum atomic E-state index is -0.229.